The number of rotatable bonds is 1. The third-order valence-electron chi connectivity index (χ3n) is 1.76. The highest BCUT2D eigenvalue weighted by Gasteiger charge is 2.25. The molecule has 0 aromatic heterocycles. The van der Waals surface area contributed by atoms with Crippen molar-refractivity contribution < 1.29 is 4.74 Å². The molecule has 1 unspecified atom stereocenters. The van der Waals surface area contributed by atoms with Gasteiger partial charge in [0.25, 0.3) is 0 Å². The summed E-state index contributed by atoms with van der Waals surface area (Å²) in [6.45, 7) is 7.95. The molecule has 64 valence electrons. The Morgan fingerprint density at radius 3 is 2.82 bits per heavy atom. The maximum atomic E-state index is 5.44. The Morgan fingerprint density at radius 1 is 1.55 bits per heavy atom. The van der Waals surface area contributed by atoms with Crippen molar-refractivity contribution in [3.8, 4) is 0 Å². The van der Waals surface area contributed by atoms with E-state index in [1.165, 1.54) is 0 Å². The van der Waals surface area contributed by atoms with Gasteiger partial charge in [-0.15, -0.1) is 0 Å². The number of hydrogen-bond acceptors (Lipinski definition) is 2. The molecule has 0 saturated carbocycles. The van der Waals surface area contributed by atoms with Gasteiger partial charge in [-0.2, -0.15) is 0 Å². The highest BCUT2D eigenvalue weighted by Crippen LogP contribution is 2.10. The smallest absolute Gasteiger partial charge is 0.0656 e. The normalized spacial score (nSPS) is 31.0. The molecule has 11 heavy (non-hydrogen) atoms. The Kier molecular flexibility index (Phi) is 2.68. The van der Waals surface area contributed by atoms with Crippen molar-refractivity contribution in [1.29, 1.82) is 0 Å². The van der Waals surface area contributed by atoms with Crippen molar-refractivity contribution in [2.75, 3.05) is 13.2 Å². The first-order valence-corrected chi connectivity index (χ1v) is 4.12. The second kappa shape index (κ2) is 3.37. The second-order valence-corrected chi connectivity index (χ2v) is 3.68. The van der Waals surface area contributed by atoms with E-state index in [-0.39, 0.29) is 5.54 Å². The summed E-state index contributed by atoms with van der Waals surface area (Å²) in [7, 11) is 0. The highest BCUT2D eigenvalue weighted by atomic mass is 16.5. The van der Waals surface area contributed by atoms with Crippen LogP contribution in [0.4, 0.5) is 0 Å². The second-order valence-electron chi connectivity index (χ2n) is 3.68. The lowest BCUT2D eigenvalue weighted by atomic mass is 10.0. The molecule has 1 saturated heterocycles. The van der Waals surface area contributed by atoms with Crippen LogP contribution < -0.4 is 5.32 Å². The molecule has 0 bridgehead atoms. The lowest BCUT2D eigenvalue weighted by Gasteiger charge is -2.35. The van der Waals surface area contributed by atoms with Crippen LogP contribution in [-0.2, 0) is 4.74 Å². The van der Waals surface area contributed by atoms with Gasteiger partial charge < -0.3 is 10.1 Å². The van der Waals surface area contributed by atoms with Crippen LogP contribution in [0.1, 0.15) is 20.8 Å². The minimum atomic E-state index is 0.127. The molecule has 0 amide bonds. The zero-order valence-corrected chi connectivity index (χ0v) is 7.55. The van der Waals surface area contributed by atoms with Crippen LogP contribution in [-0.4, -0.2) is 24.8 Å². The van der Waals surface area contributed by atoms with Gasteiger partial charge in [0, 0.05) is 11.6 Å². The molecule has 1 atom stereocenters. The number of allylic oxidation sites excluding steroid dienone is 1. The average Bonchev–Trinajstić information content (AvgIpc) is 1.85. The van der Waals surface area contributed by atoms with Crippen molar-refractivity contribution in [3.05, 3.63) is 12.2 Å². The Morgan fingerprint density at radius 2 is 2.27 bits per heavy atom. The largest absolute Gasteiger partial charge is 0.378 e. The monoisotopic (exact) mass is 155 g/mol. The van der Waals surface area contributed by atoms with E-state index < -0.39 is 0 Å². The molecule has 2 heteroatoms. The van der Waals surface area contributed by atoms with Gasteiger partial charge in [-0.25, -0.2) is 0 Å². The number of ether oxygens (including phenoxy) is 1. The van der Waals surface area contributed by atoms with Crippen molar-refractivity contribution >= 4 is 0 Å². The van der Waals surface area contributed by atoms with Gasteiger partial charge in [0.2, 0.25) is 0 Å². The molecule has 0 aromatic rings. The molecule has 1 fully saturated rings. The van der Waals surface area contributed by atoms with E-state index in [9.17, 15) is 0 Å². The molecule has 0 spiro atoms. The first-order chi connectivity index (χ1) is 5.14. The highest BCUT2D eigenvalue weighted by molar-refractivity contribution is 4.97. The van der Waals surface area contributed by atoms with Crippen molar-refractivity contribution in [3.63, 3.8) is 0 Å². The van der Waals surface area contributed by atoms with Gasteiger partial charge in [0.1, 0.15) is 0 Å². The lowest BCUT2D eigenvalue weighted by molar-refractivity contribution is 0.0253. The SMILES string of the molecule is CC=CC1COCC(C)(C)N1. The topological polar surface area (TPSA) is 21.3 Å². The van der Waals surface area contributed by atoms with Crippen LogP contribution in [0.3, 0.4) is 0 Å². The summed E-state index contributed by atoms with van der Waals surface area (Å²) in [5, 5.41) is 3.48. The van der Waals surface area contributed by atoms with Crippen LogP contribution in [0.2, 0.25) is 0 Å². The van der Waals surface area contributed by atoms with Crippen LogP contribution >= 0.6 is 0 Å². The molecule has 0 aromatic carbocycles. The van der Waals surface area contributed by atoms with E-state index in [1.807, 2.05) is 6.92 Å². The fourth-order valence-corrected chi connectivity index (χ4v) is 1.36. The van der Waals surface area contributed by atoms with Gasteiger partial charge in [-0.05, 0) is 20.8 Å². The molecule has 1 aliphatic rings. The fourth-order valence-electron chi connectivity index (χ4n) is 1.36. The summed E-state index contributed by atoms with van der Waals surface area (Å²) in [6, 6.07) is 0.392. The molecule has 2 nitrogen and oxygen atoms in total. The maximum absolute atomic E-state index is 5.44. The third-order valence-corrected chi connectivity index (χ3v) is 1.76. The van der Waals surface area contributed by atoms with Crippen molar-refractivity contribution in [1.82, 2.24) is 5.32 Å². The molecule has 1 aliphatic heterocycles. The van der Waals surface area contributed by atoms with E-state index in [4.69, 9.17) is 4.74 Å². The predicted molar refractivity (Wildman–Crippen MR) is 46.6 cm³/mol. The van der Waals surface area contributed by atoms with Crippen molar-refractivity contribution in [2.24, 2.45) is 0 Å². The minimum Gasteiger partial charge on any atom is -0.378 e. The standard InChI is InChI=1S/C9H17NO/c1-4-5-8-6-11-7-9(2,3)10-8/h4-5,8,10H,6-7H2,1-3H3. The minimum absolute atomic E-state index is 0.127. The maximum Gasteiger partial charge on any atom is 0.0656 e. The average molecular weight is 155 g/mol. The molecular weight excluding hydrogens is 138 g/mol. The summed E-state index contributed by atoms with van der Waals surface area (Å²) in [5.74, 6) is 0. The van der Waals surface area contributed by atoms with Gasteiger partial charge in [0.05, 0.1) is 13.2 Å². The predicted octanol–water partition coefficient (Wildman–Crippen LogP) is 1.33. The number of hydrogen-bond donors (Lipinski definition) is 1. The third kappa shape index (κ3) is 2.64. The zero-order valence-electron chi connectivity index (χ0n) is 7.55. The van der Waals surface area contributed by atoms with Gasteiger partial charge in [0.15, 0.2) is 0 Å². The molecule has 1 heterocycles. The number of morpholine rings is 1. The molecular formula is C9H17NO. The lowest BCUT2D eigenvalue weighted by Crippen LogP contribution is -2.54. The Labute approximate surface area is 68.6 Å². The summed E-state index contributed by atoms with van der Waals surface area (Å²) >= 11 is 0. The summed E-state index contributed by atoms with van der Waals surface area (Å²) < 4.78 is 5.44. The van der Waals surface area contributed by atoms with Crippen LogP contribution in [0, 0.1) is 0 Å². The molecule has 1 N–H and O–H groups in total. The van der Waals surface area contributed by atoms with E-state index >= 15 is 0 Å². The fraction of sp³-hybridized carbons (Fsp3) is 0.778. The van der Waals surface area contributed by atoms with Crippen molar-refractivity contribution in [2.45, 2.75) is 32.4 Å². The van der Waals surface area contributed by atoms with Crippen LogP contribution in [0.15, 0.2) is 12.2 Å². The number of nitrogens with one attached hydrogen (secondary N) is 1. The summed E-state index contributed by atoms with van der Waals surface area (Å²) in [4.78, 5) is 0. The molecule has 0 aliphatic carbocycles. The summed E-state index contributed by atoms with van der Waals surface area (Å²) in [5.41, 5.74) is 0.127. The van der Waals surface area contributed by atoms with E-state index in [0.717, 1.165) is 13.2 Å². The first-order valence-electron chi connectivity index (χ1n) is 4.12. The molecule has 0 radical (unpaired) electrons. The quantitative estimate of drug-likeness (QED) is 0.577. The Balaban J connectivity index is 2.46. The summed E-state index contributed by atoms with van der Waals surface area (Å²) in [6.07, 6.45) is 4.20. The van der Waals surface area contributed by atoms with E-state index in [1.54, 1.807) is 0 Å². The Bertz CT molecular complexity index is 152. The van der Waals surface area contributed by atoms with Gasteiger partial charge >= 0.3 is 0 Å². The van der Waals surface area contributed by atoms with E-state index in [0.29, 0.717) is 6.04 Å². The first kappa shape index (κ1) is 8.75. The van der Waals surface area contributed by atoms with E-state index in [2.05, 4.69) is 31.3 Å². The Hall–Kier alpha value is -0.340. The zero-order chi connectivity index (χ0) is 8.32. The van der Waals surface area contributed by atoms with Crippen LogP contribution in [0.25, 0.3) is 0 Å². The molecule has 1 rings (SSSR count). The van der Waals surface area contributed by atoms with Gasteiger partial charge in [-0.3, -0.25) is 0 Å². The van der Waals surface area contributed by atoms with Crippen LogP contribution in [0.5, 0.6) is 0 Å². The van der Waals surface area contributed by atoms with Gasteiger partial charge in [-0.1, -0.05) is 12.2 Å².